The van der Waals surface area contributed by atoms with Crippen LogP contribution in [0.1, 0.15) is 31.7 Å². The standard InChI is InChI=1S/C16H24N2O4S/c1-13(2)14-3-5-15(6-4-14)23(21,22)18-11-9-17(10-12-18)8-7-16(19)20/h3-6,13H,7-12H2,1-2H3,(H,19,20). The molecular formula is C16H24N2O4S. The molecule has 0 radical (unpaired) electrons. The van der Waals surface area contributed by atoms with E-state index < -0.39 is 16.0 Å². The van der Waals surface area contributed by atoms with Crippen LogP contribution in [0.4, 0.5) is 0 Å². The number of sulfonamides is 1. The maximum Gasteiger partial charge on any atom is 0.304 e. The Kier molecular flexibility index (Phi) is 5.78. The van der Waals surface area contributed by atoms with E-state index >= 15 is 0 Å². The molecule has 1 aromatic rings. The van der Waals surface area contributed by atoms with Crippen LogP contribution in [-0.2, 0) is 14.8 Å². The molecule has 0 amide bonds. The fourth-order valence-electron chi connectivity index (χ4n) is 2.62. The lowest BCUT2D eigenvalue weighted by Gasteiger charge is -2.33. The molecule has 0 aromatic heterocycles. The lowest BCUT2D eigenvalue weighted by atomic mass is 10.0. The zero-order chi connectivity index (χ0) is 17.0. The second-order valence-electron chi connectivity index (χ2n) is 6.11. The van der Waals surface area contributed by atoms with E-state index in [4.69, 9.17) is 5.11 Å². The SMILES string of the molecule is CC(C)c1ccc(S(=O)(=O)N2CCN(CCC(=O)O)CC2)cc1. The van der Waals surface area contributed by atoms with Crippen LogP contribution in [-0.4, -0.2) is 61.4 Å². The van der Waals surface area contributed by atoms with Gasteiger partial charge in [-0.3, -0.25) is 4.79 Å². The highest BCUT2D eigenvalue weighted by Crippen LogP contribution is 2.21. The van der Waals surface area contributed by atoms with Gasteiger partial charge >= 0.3 is 5.97 Å². The molecule has 1 aliphatic heterocycles. The molecule has 7 heteroatoms. The highest BCUT2D eigenvalue weighted by molar-refractivity contribution is 7.89. The van der Waals surface area contributed by atoms with Gasteiger partial charge in [0.15, 0.2) is 0 Å². The fraction of sp³-hybridized carbons (Fsp3) is 0.562. The van der Waals surface area contributed by atoms with Crippen molar-refractivity contribution in [2.45, 2.75) is 31.1 Å². The summed E-state index contributed by atoms with van der Waals surface area (Å²) < 4.78 is 26.8. The summed E-state index contributed by atoms with van der Waals surface area (Å²) in [7, 11) is -3.47. The van der Waals surface area contributed by atoms with Crippen molar-refractivity contribution in [3.63, 3.8) is 0 Å². The molecule has 0 bridgehead atoms. The number of hydrogen-bond donors (Lipinski definition) is 1. The van der Waals surface area contributed by atoms with Gasteiger partial charge in [-0.15, -0.1) is 0 Å². The molecule has 6 nitrogen and oxygen atoms in total. The van der Waals surface area contributed by atoms with Crippen LogP contribution in [0.5, 0.6) is 0 Å². The maximum atomic E-state index is 12.7. The Hall–Kier alpha value is -1.44. The van der Waals surface area contributed by atoms with Crippen molar-refractivity contribution < 1.29 is 18.3 Å². The van der Waals surface area contributed by atoms with E-state index in [1.165, 1.54) is 4.31 Å². The van der Waals surface area contributed by atoms with E-state index in [-0.39, 0.29) is 6.42 Å². The van der Waals surface area contributed by atoms with E-state index in [2.05, 4.69) is 13.8 Å². The lowest BCUT2D eigenvalue weighted by Crippen LogP contribution is -2.48. The van der Waals surface area contributed by atoms with E-state index in [9.17, 15) is 13.2 Å². The molecule has 128 valence electrons. The quantitative estimate of drug-likeness (QED) is 0.851. The van der Waals surface area contributed by atoms with Gasteiger partial charge in [0, 0.05) is 32.7 Å². The van der Waals surface area contributed by atoms with Crippen LogP contribution in [0.15, 0.2) is 29.2 Å². The van der Waals surface area contributed by atoms with Gasteiger partial charge in [-0.2, -0.15) is 4.31 Å². The number of carboxylic acid groups (broad SMARTS) is 1. The van der Waals surface area contributed by atoms with Crippen LogP contribution < -0.4 is 0 Å². The average Bonchev–Trinajstić information content (AvgIpc) is 2.53. The summed E-state index contributed by atoms with van der Waals surface area (Å²) in [5, 5.41) is 8.70. The van der Waals surface area contributed by atoms with Crippen LogP contribution in [0.2, 0.25) is 0 Å². The molecule has 1 N–H and O–H groups in total. The molecule has 1 heterocycles. The third-order valence-corrected chi connectivity index (χ3v) is 6.07. The Bertz CT molecular complexity index is 633. The largest absolute Gasteiger partial charge is 0.481 e. The van der Waals surface area contributed by atoms with Crippen molar-refractivity contribution in [2.24, 2.45) is 0 Å². The number of carbonyl (C=O) groups is 1. The molecule has 1 saturated heterocycles. The third kappa shape index (κ3) is 4.53. The predicted octanol–water partition coefficient (Wildman–Crippen LogP) is 1.59. The van der Waals surface area contributed by atoms with Crippen LogP contribution >= 0.6 is 0 Å². The van der Waals surface area contributed by atoms with Crippen molar-refractivity contribution in [3.05, 3.63) is 29.8 Å². The number of piperazine rings is 1. The fourth-order valence-corrected chi connectivity index (χ4v) is 4.04. The van der Waals surface area contributed by atoms with E-state index in [1.54, 1.807) is 12.1 Å². The summed E-state index contributed by atoms with van der Waals surface area (Å²) in [6, 6.07) is 7.06. The minimum Gasteiger partial charge on any atom is -0.481 e. The number of hydrogen-bond acceptors (Lipinski definition) is 4. The third-order valence-electron chi connectivity index (χ3n) is 4.16. The van der Waals surface area contributed by atoms with Crippen LogP contribution in [0, 0.1) is 0 Å². The van der Waals surface area contributed by atoms with E-state index in [0.717, 1.165) is 5.56 Å². The van der Waals surface area contributed by atoms with Crippen molar-refractivity contribution >= 4 is 16.0 Å². The number of rotatable bonds is 6. The first-order valence-electron chi connectivity index (χ1n) is 7.85. The number of nitrogens with zero attached hydrogens (tertiary/aromatic N) is 2. The first-order chi connectivity index (χ1) is 10.8. The van der Waals surface area contributed by atoms with Crippen molar-refractivity contribution in [3.8, 4) is 0 Å². The Labute approximate surface area is 137 Å². The van der Waals surface area contributed by atoms with Gasteiger partial charge in [0.2, 0.25) is 10.0 Å². The van der Waals surface area contributed by atoms with Gasteiger partial charge in [0.1, 0.15) is 0 Å². The minimum atomic E-state index is -3.47. The summed E-state index contributed by atoms with van der Waals surface area (Å²) in [6.07, 6.45) is 0.0867. The van der Waals surface area contributed by atoms with Gasteiger partial charge in [-0.05, 0) is 23.6 Å². The van der Waals surface area contributed by atoms with Crippen molar-refractivity contribution in [2.75, 3.05) is 32.7 Å². The minimum absolute atomic E-state index is 0.0867. The zero-order valence-electron chi connectivity index (χ0n) is 13.6. The summed E-state index contributed by atoms with van der Waals surface area (Å²) in [5.74, 6) is -0.463. The molecule has 23 heavy (non-hydrogen) atoms. The molecule has 0 unspecified atom stereocenters. The van der Waals surface area contributed by atoms with Crippen LogP contribution in [0.3, 0.4) is 0 Å². The average molecular weight is 340 g/mol. The summed E-state index contributed by atoms with van der Waals surface area (Å²) in [4.78, 5) is 12.9. The summed E-state index contributed by atoms with van der Waals surface area (Å²) in [6.45, 7) is 6.53. The highest BCUT2D eigenvalue weighted by Gasteiger charge is 2.28. The Morgan fingerprint density at radius 3 is 2.17 bits per heavy atom. The first kappa shape index (κ1) is 17.9. The van der Waals surface area contributed by atoms with E-state index in [1.807, 2.05) is 17.0 Å². The molecule has 0 saturated carbocycles. The Morgan fingerprint density at radius 1 is 1.13 bits per heavy atom. The van der Waals surface area contributed by atoms with Crippen molar-refractivity contribution in [1.82, 2.24) is 9.21 Å². The molecule has 0 spiro atoms. The summed E-state index contributed by atoms with van der Waals surface area (Å²) in [5.41, 5.74) is 1.11. The normalized spacial score (nSPS) is 17.5. The van der Waals surface area contributed by atoms with Gasteiger partial charge in [0.25, 0.3) is 0 Å². The molecular weight excluding hydrogens is 316 g/mol. The maximum absolute atomic E-state index is 12.7. The van der Waals surface area contributed by atoms with Gasteiger partial charge in [-0.1, -0.05) is 26.0 Å². The van der Waals surface area contributed by atoms with Gasteiger partial charge in [0.05, 0.1) is 11.3 Å². The lowest BCUT2D eigenvalue weighted by molar-refractivity contribution is -0.137. The first-order valence-corrected chi connectivity index (χ1v) is 9.29. The molecule has 1 aromatic carbocycles. The number of aliphatic carboxylic acids is 1. The summed E-state index contributed by atoms with van der Waals surface area (Å²) >= 11 is 0. The second-order valence-corrected chi connectivity index (χ2v) is 8.05. The zero-order valence-corrected chi connectivity index (χ0v) is 14.4. The molecule has 1 fully saturated rings. The molecule has 1 aliphatic rings. The Morgan fingerprint density at radius 2 is 1.70 bits per heavy atom. The Balaban J connectivity index is 2.00. The second kappa shape index (κ2) is 7.42. The molecule has 0 atom stereocenters. The molecule has 0 aliphatic carbocycles. The highest BCUT2D eigenvalue weighted by atomic mass is 32.2. The van der Waals surface area contributed by atoms with E-state index in [0.29, 0.717) is 43.5 Å². The monoisotopic (exact) mass is 340 g/mol. The topological polar surface area (TPSA) is 77.9 Å². The smallest absolute Gasteiger partial charge is 0.304 e. The number of benzene rings is 1. The van der Waals surface area contributed by atoms with Gasteiger partial charge in [-0.25, -0.2) is 8.42 Å². The van der Waals surface area contributed by atoms with Crippen LogP contribution in [0.25, 0.3) is 0 Å². The predicted molar refractivity (Wildman–Crippen MR) is 88.0 cm³/mol. The van der Waals surface area contributed by atoms with Gasteiger partial charge < -0.3 is 10.0 Å². The number of carboxylic acids is 1. The van der Waals surface area contributed by atoms with Crippen molar-refractivity contribution in [1.29, 1.82) is 0 Å². The molecule has 2 rings (SSSR count).